The number of carbonyl (C=O) groups is 1. The number of carbonyl (C=O) groups excluding carboxylic acids is 1. The first-order valence-corrected chi connectivity index (χ1v) is 11.2. The second kappa shape index (κ2) is 8.02. The van der Waals surface area contributed by atoms with Crippen molar-refractivity contribution in [1.29, 1.82) is 0 Å². The number of fused-ring (bicyclic) bond motifs is 1. The molecule has 4 atom stereocenters. The van der Waals surface area contributed by atoms with E-state index < -0.39 is 0 Å². The first-order chi connectivity index (χ1) is 14.6. The molecule has 7 nitrogen and oxygen atoms in total. The van der Waals surface area contributed by atoms with Gasteiger partial charge in [-0.3, -0.25) is 4.79 Å². The van der Waals surface area contributed by atoms with E-state index in [1.54, 1.807) is 12.4 Å². The van der Waals surface area contributed by atoms with Crippen LogP contribution in [0.3, 0.4) is 0 Å². The van der Waals surface area contributed by atoms with Gasteiger partial charge in [0.1, 0.15) is 6.61 Å². The lowest BCUT2D eigenvalue weighted by Gasteiger charge is -2.14. The Kier molecular flexibility index (Phi) is 5.22. The average molecular weight is 425 g/mol. The van der Waals surface area contributed by atoms with E-state index in [4.69, 9.17) is 4.74 Å². The predicted octanol–water partition coefficient (Wildman–Crippen LogP) is 3.78. The van der Waals surface area contributed by atoms with Crippen molar-refractivity contribution in [1.82, 2.24) is 15.0 Å². The van der Waals surface area contributed by atoms with Gasteiger partial charge in [-0.2, -0.15) is 0 Å². The minimum Gasteiger partial charge on any atom is -0.390 e. The maximum atomic E-state index is 12.2. The van der Waals surface area contributed by atoms with Gasteiger partial charge in [0.2, 0.25) is 5.91 Å². The SMILES string of the molecule is C[C@@H]1C[C@H]1C(=O)Nc1nc2ccc(-c3cnc(CO[C@H]4CCC[C@@H]4O)nc3)cc2s1. The van der Waals surface area contributed by atoms with E-state index in [9.17, 15) is 9.90 Å². The standard InChI is InChI=1S/C22H24N4O3S/c1-12-7-15(12)21(28)26-22-25-16-6-5-13(8-19(16)30-22)14-9-23-20(24-10-14)11-29-18-4-2-3-17(18)27/h5-6,8-10,12,15,17-18,27H,2-4,7,11H2,1H3,(H,25,26,28)/t12-,15-,17+,18+/m1/s1. The largest absolute Gasteiger partial charge is 0.390 e. The molecule has 0 unspecified atom stereocenters. The van der Waals surface area contributed by atoms with E-state index in [1.165, 1.54) is 11.3 Å². The van der Waals surface area contributed by atoms with Crippen LogP contribution in [0.1, 0.15) is 38.4 Å². The van der Waals surface area contributed by atoms with Gasteiger partial charge in [0.15, 0.2) is 11.0 Å². The zero-order valence-corrected chi connectivity index (χ0v) is 17.6. The Bertz CT molecular complexity index is 1070. The van der Waals surface area contributed by atoms with Crippen LogP contribution in [0.15, 0.2) is 30.6 Å². The lowest BCUT2D eigenvalue weighted by Crippen LogP contribution is -2.22. The summed E-state index contributed by atoms with van der Waals surface area (Å²) in [6.07, 6.45) is 6.73. The molecule has 2 aliphatic rings. The normalized spacial score (nSPS) is 25.5. The van der Waals surface area contributed by atoms with Gasteiger partial charge in [0, 0.05) is 23.9 Å². The maximum Gasteiger partial charge on any atom is 0.229 e. The molecule has 0 bridgehead atoms. The summed E-state index contributed by atoms with van der Waals surface area (Å²) in [6, 6.07) is 5.99. The Morgan fingerprint density at radius 1 is 1.27 bits per heavy atom. The molecule has 156 valence electrons. The number of aromatic nitrogens is 3. The number of amides is 1. The van der Waals surface area contributed by atoms with Crippen molar-refractivity contribution >= 4 is 32.6 Å². The summed E-state index contributed by atoms with van der Waals surface area (Å²) in [5, 5.41) is 13.4. The Hall–Kier alpha value is -2.42. The average Bonchev–Trinajstić information content (AvgIpc) is 3.14. The van der Waals surface area contributed by atoms with Gasteiger partial charge >= 0.3 is 0 Å². The van der Waals surface area contributed by atoms with Crippen LogP contribution in [-0.2, 0) is 16.1 Å². The second-order valence-corrected chi connectivity index (χ2v) is 9.28. The summed E-state index contributed by atoms with van der Waals surface area (Å²) in [4.78, 5) is 25.5. The summed E-state index contributed by atoms with van der Waals surface area (Å²) in [5.74, 6) is 1.28. The highest BCUT2D eigenvalue weighted by Gasteiger charge is 2.39. The fourth-order valence-corrected chi connectivity index (χ4v) is 4.81. The van der Waals surface area contributed by atoms with E-state index in [2.05, 4.69) is 27.2 Å². The molecule has 5 rings (SSSR count). The molecule has 1 aromatic carbocycles. The van der Waals surface area contributed by atoms with E-state index in [1.807, 2.05) is 18.2 Å². The lowest BCUT2D eigenvalue weighted by atomic mass is 10.1. The lowest BCUT2D eigenvalue weighted by molar-refractivity contribution is -0.117. The molecule has 30 heavy (non-hydrogen) atoms. The number of thiazole rings is 1. The number of nitrogens with one attached hydrogen (secondary N) is 1. The number of ether oxygens (including phenoxy) is 1. The second-order valence-electron chi connectivity index (χ2n) is 8.25. The van der Waals surface area contributed by atoms with Crippen molar-refractivity contribution in [3.8, 4) is 11.1 Å². The van der Waals surface area contributed by atoms with E-state index in [-0.39, 0.29) is 24.0 Å². The van der Waals surface area contributed by atoms with Crippen molar-refractivity contribution < 1.29 is 14.6 Å². The maximum absolute atomic E-state index is 12.2. The molecule has 0 aliphatic heterocycles. The van der Waals surface area contributed by atoms with Crippen molar-refractivity contribution in [3.05, 3.63) is 36.4 Å². The molecule has 0 saturated heterocycles. The van der Waals surface area contributed by atoms with Crippen LogP contribution in [0.4, 0.5) is 5.13 Å². The van der Waals surface area contributed by atoms with Crippen LogP contribution in [0.5, 0.6) is 0 Å². The Morgan fingerprint density at radius 2 is 2.07 bits per heavy atom. The van der Waals surface area contributed by atoms with Gasteiger partial charge in [-0.1, -0.05) is 24.3 Å². The molecule has 1 amide bonds. The molecule has 2 aromatic heterocycles. The third kappa shape index (κ3) is 4.08. The van der Waals surface area contributed by atoms with Crippen LogP contribution in [-0.4, -0.2) is 38.2 Å². The number of hydrogen-bond donors (Lipinski definition) is 2. The zero-order chi connectivity index (χ0) is 20.7. The topological polar surface area (TPSA) is 97.2 Å². The first kappa shape index (κ1) is 19.5. The van der Waals surface area contributed by atoms with Gasteiger partial charge in [0.05, 0.1) is 22.4 Å². The van der Waals surface area contributed by atoms with Crippen LogP contribution in [0.25, 0.3) is 21.3 Å². The van der Waals surface area contributed by atoms with Crippen LogP contribution in [0.2, 0.25) is 0 Å². The quantitative estimate of drug-likeness (QED) is 0.625. The Labute approximate surface area is 178 Å². The van der Waals surface area contributed by atoms with Crippen molar-refractivity contribution in [2.45, 2.75) is 51.4 Å². The molecule has 0 radical (unpaired) electrons. The monoisotopic (exact) mass is 424 g/mol. The van der Waals surface area contributed by atoms with Gasteiger partial charge in [-0.15, -0.1) is 0 Å². The predicted molar refractivity (Wildman–Crippen MR) is 115 cm³/mol. The summed E-state index contributed by atoms with van der Waals surface area (Å²) >= 11 is 1.48. The molecule has 3 aromatic rings. The van der Waals surface area contributed by atoms with Crippen LogP contribution < -0.4 is 5.32 Å². The third-order valence-corrected chi connectivity index (χ3v) is 6.88. The molecule has 2 N–H and O–H groups in total. The molecule has 2 aliphatic carbocycles. The highest BCUT2D eigenvalue weighted by atomic mass is 32.1. The third-order valence-electron chi connectivity index (χ3n) is 5.95. The van der Waals surface area contributed by atoms with E-state index in [0.717, 1.165) is 47.0 Å². The first-order valence-electron chi connectivity index (χ1n) is 10.4. The van der Waals surface area contributed by atoms with Crippen LogP contribution >= 0.6 is 11.3 Å². The number of aliphatic hydroxyl groups is 1. The number of rotatable bonds is 6. The molecule has 2 fully saturated rings. The number of nitrogens with zero attached hydrogens (tertiary/aromatic N) is 3. The molecular weight excluding hydrogens is 400 g/mol. The van der Waals surface area contributed by atoms with Crippen molar-refractivity contribution in [3.63, 3.8) is 0 Å². The summed E-state index contributed by atoms with van der Waals surface area (Å²) in [5.41, 5.74) is 2.77. The summed E-state index contributed by atoms with van der Waals surface area (Å²) in [7, 11) is 0. The minimum atomic E-state index is -0.377. The minimum absolute atomic E-state index is 0.0677. The fraction of sp³-hybridized carbons (Fsp3) is 0.455. The molecule has 2 saturated carbocycles. The number of aliphatic hydroxyl groups excluding tert-OH is 1. The zero-order valence-electron chi connectivity index (χ0n) is 16.7. The summed E-state index contributed by atoms with van der Waals surface area (Å²) in [6.45, 7) is 2.39. The smallest absolute Gasteiger partial charge is 0.229 e. The highest BCUT2D eigenvalue weighted by Crippen LogP contribution is 2.39. The van der Waals surface area contributed by atoms with Gasteiger partial charge < -0.3 is 15.2 Å². The fourth-order valence-electron chi connectivity index (χ4n) is 3.90. The summed E-state index contributed by atoms with van der Waals surface area (Å²) < 4.78 is 6.76. The van der Waals surface area contributed by atoms with E-state index >= 15 is 0 Å². The Morgan fingerprint density at radius 3 is 2.77 bits per heavy atom. The van der Waals surface area contributed by atoms with Crippen molar-refractivity contribution in [2.24, 2.45) is 11.8 Å². The number of benzene rings is 1. The van der Waals surface area contributed by atoms with Crippen LogP contribution in [0, 0.1) is 11.8 Å². The highest BCUT2D eigenvalue weighted by molar-refractivity contribution is 7.22. The molecule has 8 heteroatoms. The van der Waals surface area contributed by atoms with Gasteiger partial charge in [0.25, 0.3) is 0 Å². The molecule has 2 heterocycles. The van der Waals surface area contributed by atoms with E-state index in [0.29, 0.717) is 23.5 Å². The molecular formula is C22H24N4O3S. The number of anilines is 1. The van der Waals surface area contributed by atoms with Gasteiger partial charge in [-0.25, -0.2) is 15.0 Å². The number of hydrogen-bond acceptors (Lipinski definition) is 7. The Balaban J connectivity index is 1.26. The molecule has 0 spiro atoms. The van der Waals surface area contributed by atoms with Gasteiger partial charge in [-0.05, 0) is 49.3 Å². The van der Waals surface area contributed by atoms with Crippen molar-refractivity contribution in [2.75, 3.05) is 5.32 Å².